The van der Waals surface area contributed by atoms with Crippen LogP contribution in [-0.4, -0.2) is 33.4 Å². The van der Waals surface area contributed by atoms with Crippen molar-refractivity contribution in [3.8, 4) is 5.75 Å². The third-order valence-electron chi connectivity index (χ3n) is 2.76. The topological polar surface area (TPSA) is 72.3 Å². The lowest BCUT2D eigenvalue weighted by atomic mass is 10.2. The number of alkyl halides is 3. The highest BCUT2D eigenvalue weighted by Crippen LogP contribution is 2.34. The number of hydrogen-bond acceptors (Lipinski definition) is 5. The highest BCUT2D eigenvalue weighted by Gasteiger charge is 2.36. The quantitative estimate of drug-likeness (QED) is 0.685. The largest absolute Gasteiger partial charge is 0.497 e. The second kappa shape index (κ2) is 5.99. The van der Waals surface area contributed by atoms with Gasteiger partial charge in [-0.2, -0.15) is 13.2 Å². The standard InChI is InChI=1S/C13H11F3N2O3S/c1-6(11(19)20)22-10-8-4-3-7(21-2)5-9(8)17-12(18-10)13(14,15)16/h3-6H,1-2H3,(H,19,20). The van der Waals surface area contributed by atoms with Crippen molar-refractivity contribution in [2.45, 2.75) is 23.4 Å². The Balaban J connectivity index is 2.63. The molecule has 0 saturated carbocycles. The van der Waals surface area contributed by atoms with E-state index in [1.165, 1.54) is 26.2 Å². The van der Waals surface area contributed by atoms with Gasteiger partial charge in [-0.3, -0.25) is 4.79 Å². The predicted octanol–water partition coefficient (Wildman–Crippen LogP) is 3.22. The normalized spacial score (nSPS) is 13.1. The first kappa shape index (κ1) is 16.3. The highest BCUT2D eigenvalue weighted by atomic mass is 32.2. The molecule has 9 heteroatoms. The second-order valence-electron chi connectivity index (χ2n) is 4.33. The molecule has 0 spiro atoms. The maximum Gasteiger partial charge on any atom is 0.451 e. The van der Waals surface area contributed by atoms with Crippen LogP contribution in [0.1, 0.15) is 12.7 Å². The monoisotopic (exact) mass is 332 g/mol. The van der Waals surface area contributed by atoms with Crippen molar-refractivity contribution >= 4 is 28.6 Å². The van der Waals surface area contributed by atoms with E-state index in [4.69, 9.17) is 9.84 Å². The van der Waals surface area contributed by atoms with Gasteiger partial charge in [0.05, 0.1) is 12.6 Å². The van der Waals surface area contributed by atoms with Crippen molar-refractivity contribution < 1.29 is 27.8 Å². The SMILES string of the molecule is COc1ccc2c(SC(C)C(=O)O)nc(C(F)(F)F)nc2c1. The van der Waals surface area contributed by atoms with Crippen LogP contribution in [0.4, 0.5) is 13.2 Å². The van der Waals surface area contributed by atoms with E-state index < -0.39 is 23.2 Å². The molecule has 0 radical (unpaired) electrons. The number of carbonyl (C=O) groups is 1. The molecule has 1 atom stereocenters. The molecule has 1 N–H and O–H groups in total. The van der Waals surface area contributed by atoms with Gasteiger partial charge in [-0.25, -0.2) is 9.97 Å². The smallest absolute Gasteiger partial charge is 0.451 e. The average Bonchev–Trinajstić information content (AvgIpc) is 2.45. The molecule has 1 aromatic carbocycles. The number of aromatic nitrogens is 2. The molecule has 2 aromatic rings. The number of carboxylic acids is 1. The van der Waals surface area contributed by atoms with Gasteiger partial charge in [0, 0.05) is 11.5 Å². The number of thioether (sulfide) groups is 1. The zero-order valence-corrected chi connectivity index (χ0v) is 12.3. The fourth-order valence-corrected chi connectivity index (χ4v) is 2.52. The van der Waals surface area contributed by atoms with Crippen LogP contribution in [-0.2, 0) is 11.0 Å². The molecule has 118 valence electrons. The van der Waals surface area contributed by atoms with E-state index in [9.17, 15) is 18.0 Å². The molecule has 0 saturated heterocycles. The summed E-state index contributed by atoms with van der Waals surface area (Å²) in [6.45, 7) is 1.37. The van der Waals surface area contributed by atoms with Crippen molar-refractivity contribution in [2.75, 3.05) is 7.11 Å². The van der Waals surface area contributed by atoms with E-state index >= 15 is 0 Å². The van der Waals surface area contributed by atoms with Crippen LogP contribution in [0, 0.1) is 0 Å². The van der Waals surface area contributed by atoms with E-state index in [1.54, 1.807) is 6.07 Å². The van der Waals surface area contributed by atoms with Crippen LogP contribution in [0.25, 0.3) is 10.9 Å². The van der Waals surface area contributed by atoms with Gasteiger partial charge in [0.1, 0.15) is 16.0 Å². The fraction of sp³-hybridized carbons (Fsp3) is 0.308. The maximum atomic E-state index is 12.9. The summed E-state index contributed by atoms with van der Waals surface area (Å²) in [7, 11) is 1.38. The minimum atomic E-state index is -4.72. The van der Waals surface area contributed by atoms with Gasteiger partial charge >= 0.3 is 12.1 Å². The zero-order chi connectivity index (χ0) is 16.5. The highest BCUT2D eigenvalue weighted by molar-refractivity contribution is 8.00. The minimum Gasteiger partial charge on any atom is -0.497 e. The number of ether oxygens (including phenoxy) is 1. The Labute approximate surface area is 127 Å². The third kappa shape index (κ3) is 3.41. The lowest BCUT2D eigenvalue weighted by molar-refractivity contribution is -0.145. The van der Waals surface area contributed by atoms with E-state index in [-0.39, 0.29) is 10.5 Å². The van der Waals surface area contributed by atoms with Gasteiger partial charge in [0.2, 0.25) is 5.82 Å². The molecule has 0 amide bonds. The fourth-order valence-electron chi connectivity index (χ4n) is 1.64. The Kier molecular flexibility index (Phi) is 4.45. The first-order valence-corrected chi connectivity index (χ1v) is 6.93. The van der Waals surface area contributed by atoms with Crippen LogP contribution in [0.3, 0.4) is 0 Å². The van der Waals surface area contributed by atoms with Crippen LogP contribution in [0.5, 0.6) is 5.75 Å². The Morgan fingerprint density at radius 3 is 2.59 bits per heavy atom. The van der Waals surface area contributed by atoms with Crippen molar-refractivity contribution in [3.63, 3.8) is 0 Å². The Morgan fingerprint density at radius 1 is 1.36 bits per heavy atom. The van der Waals surface area contributed by atoms with Gasteiger partial charge in [0.15, 0.2) is 0 Å². The van der Waals surface area contributed by atoms with Gasteiger partial charge in [-0.15, -0.1) is 0 Å². The lowest BCUT2D eigenvalue weighted by Crippen LogP contribution is -2.15. The second-order valence-corrected chi connectivity index (χ2v) is 5.66. The number of rotatable bonds is 4. The average molecular weight is 332 g/mol. The van der Waals surface area contributed by atoms with E-state index in [1.807, 2.05) is 0 Å². The molecule has 0 aliphatic carbocycles. The van der Waals surface area contributed by atoms with Gasteiger partial charge in [-0.1, -0.05) is 11.8 Å². The number of methoxy groups -OCH3 is 1. The zero-order valence-electron chi connectivity index (χ0n) is 11.5. The third-order valence-corrected chi connectivity index (χ3v) is 3.85. The summed E-state index contributed by atoms with van der Waals surface area (Å²) in [6, 6.07) is 4.40. The first-order chi connectivity index (χ1) is 10.2. The first-order valence-electron chi connectivity index (χ1n) is 6.05. The Hall–Kier alpha value is -2.03. The molecule has 0 aliphatic heterocycles. The molecule has 1 unspecified atom stereocenters. The van der Waals surface area contributed by atoms with Gasteiger partial charge in [-0.05, 0) is 19.1 Å². The molecule has 2 rings (SSSR count). The van der Waals surface area contributed by atoms with Crippen LogP contribution >= 0.6 is 11.8 Å². The number of hydrogen-bond donors (Lipinski definition) is 1. The van der Waals surface area contributed by atoms with E-state index in [0.717, 1.165) is 11.8 Å². The summed E-state index contributed by atoms with van der Waals surface area (Å²) in [5.41, 5.74) is 0.0433. The Morgan fingerprint density at radius 2 is 2.05 bits per heavy atom. The number of fused-ring (bicyclic) bond motifs is 1. The van der Waals surface area contributed by atoms with Crippen LogP contribution in [0.2, 0.25) is 0 Å². The molecular weight excluding hydrogens is 321 g/mol. The maximum absolute atomic E-state index is 12.9. The number of aliphatic carboxylic acids is 1. The summed E-state index contributed by atoms with van der Waals surface area (Å²) in [4.78, 5) is 17.9. The van der Waals surface area contributed by atoms with Crippen LogP contribution < -0.4 is 4.74 Å². The molecule has 0 bridgehead atoms. The number of benzene rings is 1. The number of carboxylic acid groups (broad SMARTS) is 1. The van der Waals surface area contributed by atoms with Crippen molar-refractivity contribution in [1.82, 2.24) is 9.97 Å². The minimum absolute atomic E-state index is 0.0325. The van der Waals surface area contributed by atoms with E-state index in [0.29, 0.717) is 11.1 Å². The van der Waals surface area contributed by atoms with Crippen molar-refractivity contribution in [1.29, 1.82) is 0 Å². The number of nitrogens with zero attached hydrogens (tertiary/aromatic N) is 2. The van der Waals surface area contributed by atoms with Crippen LogP contribution in [0.15, 0.2) is 23.2 Å². The molecule has 0 fully saturated rings. The summed E-state index contributed by atoms with van der Waals surface area (Å²) in [5, 5.41) is 8.28. The van der Waals surface area contributed by atoms with E-state index in [2.05, 4.69) is 9.97 Å². The van der Waals surface area contributed by atoms with Gasteiger partial charge in [0.25, 0.3) is 0 Å². The molecule has 1 heterocycles. The van der Waals surface area contributed by atoms with Crippen molar-refractivity contribution in [3.05, 3.63) is 24.0 Å². The molecule has 5 nitrogen and oxygen atoms in total. The van der Waals surface area contributed by atoms with Crippen molar-refractivity contribution in [2.24, 2.45) is 0 Å². The molecular formula is C13H11F3N2O3S. The summed E-state index contributed by atoms with van der Waals surface area (Å²) >= 11 is 0.733. The lowest BCUT2D eigenvalue weighted by Gasteiger charge is -2.12. The number of halogens is 3. The summed E-state index contributed by atoms with van der Waals surface area (Å²) < 4.78 is 43.6. The summed E-state index contributed by atoms with van der Waals surface area (Å²) in [6.07, 6.45) is -4.72. The summed E-state index contributed by atoms with van der Waals surface area (Å²) in [5.74, 6) is -2.10. The predicted molar refractivity (Wildman–Crippen MR) is 74.0 cm³/mol. The molecule has 22 heavy (non-hydrogen) atoms. The Bertz CT molecular complexity index is 721. The van der Waals surface area contributed by atoms with Gasteiger partial charge < -0.3 is 9.84 Å². The molecule has 1 aromatic heterocycles. The molecule has 0 aliphatic rings.